The first-order chi connectivity index (χ1) is 12.9. The number of amides is 1. The zero-order valence-electron chi connectivity index (χ0n) is 15.7. The van der Waals surface area contributed by atoms with Crippen molar-refractivity contribution in [2.24, 2.45) is 0 Å². The van der Waals surface area contributed by atoms with Crippen LogP contribution in [0.15, 0.2) is 36.4 Å². The van der Waals surface area contributed by atoms with Gasteiger partial charge in [0.05, 0.1) is 13.2 Å². The van der Waals surface area contributed by atoms with E-state index in [1.165, 1.54) is 0 Å². The molecule has 2 atom stereocenters. The van der Waals surface area contributed by atoms with Gasteiger partial charge in [-0.05, 0) is 77.4 Å². The Hall–Kier alpha value is -1.31. The average molecular weight is 500 g/mol. The lowest BCUT2D eigenvalue weighted by molar-refractivity contribution is -0.161. The number of rotatable bonds is 5. The summed E-state index contributed by atoms with van der Waals surface area (Å²) in [4.78, 5) is 14.9. The molecule has 1 fully saturated rings. The summed E-state index contributed by atoms with van der Waals surface area (Å²) in [5, 5.41) is 0.714. The molecule has 4 nitrogen and oxygen atoms in total. The molecule has 6 heteroatoms. The molecular weight excluding hydrogens is 477 g/mol. The molecule has 0 spiro atoms. The largest absolute Gasteiger partial charge is 0.497 e. The van der Waals surface area contributed by atoms with Gasteiger partial charge < -0.3 is 14.4 Å². The number of nitrogens with zero attached hydrogens (tertiary/aromatic N) is 1. The van der Waals surface area contributed by atoms with Gasteiger partial charge in [0.25, 0.3) is 5.91 Å². The average Bonchev–Trinajstić information content (AvgIpc) is 2.62. The van der Waals surface area contributed by atoms with Crippen molar-refractivity contribution >= 4 is 40.1 Å². The minimum Gasteiger partial charge on any atom is -0.497 e. The van der Waals surface area contributed by atoms with Crippen LogP contribution < -0.4 is 4.74 Å². The lowest BCUT2D eigenvalue weighted by Crippen LogP contribution is -2.51. The van der Waals surface area contributed by atoms with Crippen LogP contribution in [0, 0.1) is 10.5 Å². The van der Waals surface area contributed by atoms with Crippen LogP contribution >= 0.6 is 34.2 Å². The van der Waals surface area contributed by atoms with Gasteiger partial charge in [-0.1, -0.05) is 23.7 Å². The standard InChI is InChI=1S/C21H23ClINO3/c1-13-8-16(22)9-19(23)18(13)10-20-21(25)24(11-14(2)27-20)12-15-4-6-17(26-3)7-5-15/h4-9,14,20H,10-12H2,1-3H3/t14-,20?/m0/s1. The number of halogens is 2. The quantitative estimate of drug-likeness (QED) is 0.564. The van der Waals surface area contributed by atoms with E-state index in [1.807, 2.05) is 55.1 Å². The summed E-state index contributed by atoms with van der Waals surface area (Å²) in [7, 11) is 1.65. The smallest absolute Gasteiger partial charge is 0.252 e. The normalized spacial score (nSPS) is 20.0. The Kier molecular flexibility index (Phi) is 6.65. The summed E-state index contributed by atoms with van der Waals surface area (Å²) in [5.74, 6) is 0.847. The molecule has 0 bridgehead atoms. The maximum atomic E-state index is 13.0. The Balaban J connectivity index is 1.76. The van der Waals surface area contributed by atoms with Crippen LogP contribution in [0.5, 0.6) is 5.75 Å². The van der Waals surface area contributed by atoms with Crippen molar-refractivity contribution in [1.29, 1.82) is 0 Å². The molecule has 1 amide bonds. The van der Waals surface area contributed by atoms with Gasteiger partial charge in [0.1, 0.15) is 11.9 Å². The van der Waals surface area contributed by atoms with Crippen molar-refractivity contribution in [3.05, 3.63) is 61.7 Å². The van der Waals surface area contributed by atoms with Crippen LogP contribution in [0.3, 0.4) is 0 Å². The van der Waals surface area contributed by atoms with Crippen LogP contribution in [-0.4, -0.2) is 36.7 Å². The predicted octanol–water partition coefficient (Wildman–Crippen LogP) is 4.62. The fourth-order valence-electron chi connectivity index (χ4n) is 3.39. The predicted molar refractivity (Wildman–Crippen MR) is 115 cm³/mol. The van der Waals surface area contributed by atoms with Crippen molar-refractivity contribution in [2.75, 3.05) is 13.7 Å². The summed E-state index contributed by atoms with van der Waals surface area (Å²) < 4.78 is 12.3. The third-order valence-corrected chi connectivity index (χ3v) is 5.95. The highest BCUT2D eigenvalue weighted by Crippen LogP contribution is 2.26. The van der Waals surface area contributed by atoms with E-state index in [4.69, 9.17) is 21.1 Å². The minimum atomic E-state index is -0.472. The van der Waals surface area contributed by atoms with E-state index in [9.17, 15) is 4.79 Å². The molecular formula is C21H23ClINO3. The van der Waals surface area contributed by atoms with Crippen molar-refractivity contribution in [1.82, 2.24) is 4.90 Å². The summed E-state index contributed by atoms with van der Waals surface area (Å²) in [6.45, 7) is 5.21. The van der Waals surface area contributed by atoms with Crippen LogP contribution in [0.25, 0.3) is 0 Å². The number of morpholine rings is 1. The molecule has 0 saturated carbocycles. The van der Waals surface area contributed by atoms with Gasteiger partial charge in [-0.15, -0.1) is 0 Å². The monoisotopic (exact) mass is 499 g/mol. The molecule has 1 unspecified atom stereocenters. The lowest BCUT2D eigenvalue weighted by Gasteiger charge is -2.36. The highest BCUT2D eigenvalue weighted by atomic mass is 127. The zero-order chi connectivity index (χ0) is 19.6. The number of hydrogen-bond acceptors (Lipinski definition) is 3. The van der Waals surface area contributed by atoms with Gasteiger partial charge in [-0.2, -0.15) is 0 Å². The molecule has 1 heterocycles. The van der Waals surface area contributed by atoms with E-state index in [0.29, 0.717) is 24.5 Å². The highest BCUT2D eigenvalue weighted by Gasteiger charge is 2.34. The van der Waals surface area contributed by atoms with Crippen LogP contribution in [0.2, 0.25) is 5.02 Å². The molecule has 27 heavy (non-hydrogen) atoms. The van der Waals surface area contributed by atoms with Gasteiger partial charge in [0.2, 0.25) is 0 Å². The Morgan fingerprint density at radius 1 is 1.30 bits per heavy atom. The molecule has 0 N–H and O–H groups in total. The van der Waals surface area contributed by atoms with Crippen molar-refractivity contribution in [3.63, 3.8) is 0 Å². The van der Waals surface area contributed by atoms with Gasteiger partial charge in [0, 0.05) is 28.1 Å². The second-order valence-electron chi connectivity index (χ2n) is 6.89. The highest BCUT2D eigenvalue weighted by molar-refractivity contribution is 14.1. The fourth-order valence-corrected chi connectivity index (χ4v) is 4.83. The van der Waals surface area contributed by atoms with E-state index < -0.39 is 6.10 Å². The second-order valence-corrected chi connectivity index (χ2v) is 8.49. The maximum Gasteiger partial charge on any atom is 0.252 e. The second kappa shape index (κ2) is 8.80. The third kappa shape index (κ3) is 4.95. The van der Waals surface area contributed by atoms with Crippen LogP contribution in [0.4, 0.5) is 0 Å². The molecule has 2 aromatic carbocycles. The van der Waals surface area contributed by atoms with Gasteiger partial charge in [-0.3, -0.25) is 4.79 Å². The Morgan fingerprint density at radius 3 is 2.63 bits per heavy atom. The molecule has 0 radical (unpaired) electrons. The van der Waals surface area contributed by atoms with E-state index in [1.54, 1.807) is 7.11 Å². The van der Waals surface area contributed by atoms with E-state index in [2.05, 4.69) is 22.6 Å². The Bertz CT molecular complexity index is 802. The van der Waals surface area contributed by atoms with Crippen LogP contribution in [-0.2, 0) is 22.5 Å². The number of methoxy groups -OCH3 is 1. The van der Waals surface area contributed by atoms with E-state index in [0.717, 1.165) is 26.0 Å². The fraction of sp³-hybridized carbons (Fsp3) is 0.381. The number of carbonyl (C=O) groups is 1. The number of carbonyl (C=O) groups excluding carboxylic acids is 1. The molecule has 144 valence electrons. The summed E-state index contributed by atoms with van der Waals surface area (Å²) >= 11 is 8.41. The molecule has 0 aromatic heterocycles. The Labute approximate surface area is 178 Å². The SMILES string of the molecule is COc1ccc(CN2C[C@H](C)OC(Cc3c(C)cc(Cl)cc3I)C2=O)cc1. The summed E-state index contributed by atoms with van der Waals surface area (Å²) in [5.41, 5.74) is 3.29. The molecule has 1 aliphatic rings. The molecule has 3 rings (SSSR count). The van der Waals surface area contributed by atoms with E-state index in [-0.39, 0.29) is 12.0 Å². The minimum absolute atomic E-state index is 0.00350. The van der Waals surface area contributed by atoms with E-state index >= 15 is 0 Å². The number of ether oxygens (including phenoxy) is 2. The lowest BCUT2D eigenvalue weighted by atomic mass is 10.0. The zero-order valence-corrected chi connectivity index (χ0v) is 18.6. The number of aryl methyl sites for hydroxylation is 1. The summed E-state index contributed by atoms with van der Waals surface area (Å²) in [6.07, 6.45) is 0.0837. The van der Waals surface area contributed by atoms with Gasteiger partial charge in [0.15, 0.2) is 0 Å². The first kappa shape index (κ1) is 20.4. The first-order valence-electron chi connectivity index (χ1n) is 8.89. The first-order valence-corrected chi connectivity index (χ1v) is 10.3. The maximum absolute atomic E-state index is 13.0. The van der Waals surface area contributed by atoms with Crippen molar-refractivity contribution in [2.45, 2.75) is 39.0 Å². The van der Waals surface area contributed by atoms with Crippen molar-refractivity contribution < 1.29 is 14.3 Å². The topological polar surface area (TPSA) is 38.8 Å². The number of benzene rings is 2. The molecule has 2 aromatic rings. The van der Waals surface area contributed by atoms with Gasteiger partial charge >= 0.3 is 0 Å². The number of hydrogen-bond donors (Lipinski definition) is 0. The third-order valence-electron chi connectivity index (χ3n) is 4.77. The van der Waals surface area contributed by atoms with Crippen molar-refractivity contribution in [3.8, 4) is 5.75 Å². The summed E-state index contributed by atoms with van der Waals surface area (Å²) in [6, 6.07) is 11.7. The van der Waals surface area contributed by atoms with Crippen LogP contribution in [0.1, 0.15) is 23.6 Å². The molecule has 1 saturated heterocycles. The Morgan fingerprint density at radius 2 is 2.00 bits per heavy atom. The molecule has 1 aliphatic heterocycles. The van der Waals surface area contributed by atoms with Gasteiger partial charge in [-0.25, -0.2) is 0 Å². The molecule has 0 aliphatic carbocycles.